The van der Waals surface area contributed by atoms with Crippen molar-refractivity contribution in [2.45, 2.75) is 19.6 Å². The number of fused-ring (bicyclic) bond motifs is 1. The molecule has 0 bridgehead atoms. The van der Waals surface area contributed by atoms with Gasteiger partial charge in [-0.05, 0) is 23.6 Å². The van der Waals surface area contributed by atoms with Crippen molar-refractivity contribution in [2.75, 3.05) is 5.73 Å². The largest absolute Gasteiger partial charge is 0.384 e. The van der Waals surface area contributed by atoms with E-state index in [1.165, 1.54) is 0 Å². The summed E-state index contributed by atoms with van der Waals surface area (Å²) in [7, 11) is 0. The standard InChI is InChI=1S/C20H19N5O2/c1-12-3-2-4-15(9-12)17(26)14-7-5-13(6-8-14)10-25-11-22-16-18(25)23-20(21)24-19(16)27/h2-9,11,17,26H,10H2,1H3,(H3,21,23,24,27). The number of imidazole rings is 1. The van der Waals surface area contributed by atoms with Gasteiger partial charge in [-0.1, -0.05) is 54.1 Å². The first-order valence-corrected chi connectivity index (χ1v) is 8.55. The van der Waals surface area contributed by atoms with Gasteiger partial charge in [-0.2, -0.15) is 4.98 Å². The molecule has 0 aliphatic heterocycles. The lowest BCUT2D eigenvalue weighted by molar-refractivity contribution is 0.220. The molecule has 0 aliphatic rings. The number of anilines is 1. The SMILES string of the molecule is Cc1cccc(C(O)c2ccc(Cn3cnc4c(=O)[nH]c(N)nc43)cc2)c1. The Balaban J connectivity index is 1.59. The van der Waals surface area contributed by atoms with Crippen LogP contribution in [0.1, 0.15) is 28.4 Å². The molecule has 2 aromatic carbocycles. The molecule has 7 nitrogen and oxygen atoms in total. The zero-order valence-corrected chi connectivity index (χ0v) is 14.8. The van der Waals surface area contributed by atoms with Crippen molar-refractivity contribution in [2.24, 2.45) is 0 Å². The van der Waals surface area contributed by atoms with Gasteiger partial charge in [0, 0.05) is 0 Å². The minimum Gasteiger partial charge on any atom is -0.384 e. The molecule has 0 amide bonds. The van der Waals surface area contributed by atoms with Gasteiger partial charge in [0.05, 0.1) is 12.9 Å². The molecule has 1 atom stereocenters. The predicted molar refractivity (Wildman–Crippen MR) is 103 cm³/mol. The molecule has 1 unspecified atom stereocenters. The van der Waals surface area contributed by atoms with Crippen LogP contribution in [0.15, 0.2) is 59.7 Å². The van der Waals surface area contributed by atoms with Crippen LogP contribution in [-0.4, -0.2) is 24.6 Å². The topological polar surface area (TPSA) is 110 Å². The van der Waals surface area contributed by atoms with Crippen molar-refractivity contribution in [3.8, 4) is 0 Å². The second-order valence-corrected chi connectivity index (χ2v) is 6.55. The number of hydrogen-bond acceptors (Lipinski definition) is 5. The first kappa shape index (κ1) is 17.0. The van der Waals surface area contributed by atoms with Crippen LogP contribution < -0.4 is 11.3 Å². The Hall–Kier alpha value is -3.45. The molecular weight excluding hydrogens is 342 g/mol. The van der Waals surface area contributed by atoms with E-state index in [1.54, 1.807) is 10.9 Å². The van der Waals surface area contributed by atoms with Gasteiger partial charge in [0.2, 0.25) is 5.95 Å². The second kappa shape index (κ2) is 6.69. The molecule has 7 heteroatoms. The van der Waals surface area contributed by atoms with Crippen molar-refractivity contribution in [1.82, 2.24) is 19.5 Å². The second-order valence-electron chi connectivity index (χ2n) is 6.55. The summed E-state index contributed by atoms with van der Waals surface area (Å²) in [5.74, 6) is 0.0610. The Bertz CT molecular complexity index is 1160. The lowest BCUT2D eigenvalue weighted by atomic mass is 9.99. The molecule has 2 heterocycles. The van der Waals surface area contributed by atoms with E-state index in [9.17, 15) is 9.90 Å². The fourth-order valence-electron chi connectivity index (χ4n) is 3.12. The summed E-state index contributed by atoms with van der Waals surface area (Å²) in [5, 5.41) is 10.6. The Kier molecular flexibility index (Phi) is 4.21. The maximum Gasteiger partial charge on any atom is 0.280 e. The van der Waals surface area contributed by atoms with Crippen LogP contribution in [0.25, 0.3) is 11.2 Å². The smallest absolute Gasteiger partial charge is 0.280 e. The van der Waals surface area contributed by atoms with Crippen LogP contribution >= 0.6 is 0 Å². The quantitative estimate of drug-likeness (QED) is 0.516. The summed E-state index contributed by atoms with van der Waals surface area (Å²) in [5.41, 5.74) is 9.77. The number of hydrogen-bond donors (Lipinski definition) is 3. The molecule has 136 valence electrons. The van der Waals surface area contributed by atoms with E-state index >= 15 is 0 Å². The summed E-state index contributed by atoms with van der Waals surface area (Å²) < 4.78 is 1.77. The van der Waals surface area contributed by atoms with E-state index in [4.69, 9.17) is 5.73 Å². The normalized spacial score (nSPS) is 12.4. The van der Waals surface area contributed by atoms with E-state index in [0.29, 0.717) is 12.2 Å². The molecule has 0 saturated heterocycles. The summed E-state index contributed by atoms with van der Waals surface area (Å²) in [6, 6.07) is 15.5. The molecule has 0 fully saturated rings. The van der Waals surface area contributed by atoms with E-state index in [-0.39, 0.29) is 17.0 Å². The van der Waals surface area contributed by atoms with Crippen molar-refractivity contribution in [3.63, 3.8) is 0 Å². The average molecular weight is 361 g/mol. The van der Waals surface area contributed by atoms with Crippen LogP contribution in [0.3, 0.4) is 0 Å². The summed E-state index contributed by atoms with van der Waals surface area (Å²) in [6.45, 7) is 2.49. The Morgan fingerprint density at radius 1 is 1.19 bits per heavy atom. The van der Waals surface area contributed by atoms with Gasteiger partial charge < -0.3 is 15.4 Å². The maximum atomic E-state index is 11.9. The van der Waals surface area contributed by atoms with Gasteiger partial charge in [-0.15, -0.1) is 0 Å². The molecule has 2 aromatic heterocycles. The van der Waals surface area contributed by atoms with Gasteiger partial charge in [-0.3, -0.25) is 9.78 Å². The highest BCUT2D eigenvalue weighted by atomic mass is 16.3. The summed E-state index contributed by atoms with van der Waals surface area (Å²) in [6.07, 6.45) is 0.898. The monoisotopic (exact) mass is 361 g/mol. The van der Waals surface area contributed by atoms with Gasteiger partial charge in [0.1, 0.15) is 6.10 Å². The number of nitrogens with one attached hydrogen (secondary N) is 1. The van der Waals surface area contributed by atoms with Gasteiger partial charge >= 0.3 is 0 Å². The zero-order chi connectivity index (χ0) is 19.0. The number of aliphatic hydroxyl groups excluding tert-OH is 1. The van der Waals surface area contributed by atoms with Crippen LogP contribution in [0.5, 0.6) is 0 Å². The minimum absolute atomic E-state index is 0.0610. The van der Waals surface area contributed by atoms with Crippen LogP contribution in [0, 0.1) is 6.92 Å². The number of aromatic nitrogens is 4. The fourth-order valence-corrected chi connectivity index (χ4v) is 3.12. The molecule has 0 saturated carbocycles. The van der Waals surface area contributed by atoms with E-state index in [1.807, 2.05) is 55.5 Å². The molecule has 4 rings (SSSR count). The molecule has 27 heavy (non-hydrogen) atoms. The van der Waals surface area contributed by atoms with Crippen LogP contribution in [0.4, 0.5) is 5.95 Å². The number of nitrogens with two attached hydrogens (primary N) is 1. The lowest BCUT2D eigenvalue weighted by Gasteiger charge is -2.13. The maximum absolute atomic E-state index is 11.9. The third-order valence-corrected chi connectivity index (χ3v) is 4.50. The van der Waals surface area contributed by atoms with Gasteiger partial charge in [-0.25, -0.2) is 4.98 Å². The Morgan fingerprint density at radius 3 is 2.70 bits per heavy atom. The Labute approximate surface area is 155 Å². The highest BCUT2D eigenvalue weighted by Crippen LogP contribution is 2.23. The third kappa shape index (κ3) is 3.32. The number of aryl methyl sites for hydroxylation is 1. The van der Waals surface area contributed by atoms with E-state index in [0.717, 1.165) is 22.3 Å². The van der Waals surface area contributed by atoms with Crippen molar-refractivity contribution >= 4 is 17.1 Å². The number of benzene rings is 2. The average Bonchev–Trinajstić information content (AvgIpc) is 3.05. The highest BCUT2D eigenvalue weighted by molar-refractivity contribution is 5.70. The number of nitrogens with zero attached hydrogens (tertiary/aromatic N) is 3. The van der Waals surface area contributed by atoms with Crippen LogP contribution in [0.2, 0.25) is 0 Å². The third-order valence-electron chi connectivity index (χ3n) is 4.50. The highest BCUT2D eigenvalue weighted by Gasteiger charge is 2.12. The number of rotatable bonds is 4. The molecule has 4 N–H and O–H groups in total. The molecule has 0 aliphatic carbocycles. The number of nitrogen functional groups attached to an aromatic ring is 1. The number of aliphatic hydroxyl groups is 1. The molecule has 0 radical (unpaired) electrons. The van der Waals surface area contributed by atoms with E-state index in [2.05, 4.69) is 15.0 Å². The van der Waals surface area contributed by atoms with Crippen molar-refractivity contribution in [3.05, 3.63) is 87.5 Å². The fraction of sp³-hybridized carbons (Fsp3) is 0.150. The first-order valence-electron chi connectivity index (χ1n) is 8.55. The molecule has 0 spiro atoms. The number of H-pyrrole nitrogens is 1. The molecular formula is C20H19N5O2. The predicted octanol–water partition coefficient (Wildman–Crippen LogP) is 2.14. The van der Waals surface area contributed by atoms with Gasteiger partial charge in [0.25, 0.3) is 5.56 Å². The first-order chi connectivity index (χ1) is 13.0. The van der Waals surface area contributed by atoms with Crippen molar-refractivity contribution in [1.29, 1.82) is 0 Å². The minimum atomic E-state index is -0.673. The lowest BCUT2D eigenvalue weighted by Crippen LogP contribution is -2.12. The number of aromatic amines is 1. The van der Waals surface area contributed by atoms with Crippen molar-refractivity contribution < 1.29 is 5.11 Å². The summed E-state index contributed by atoms with van der Waals surface area (Å²) >= 11 is 0. The molecule has 4 aromatic rings. The Morgan fingerprint density at radius 2 is 1.96 bits per heavy atom. The van der Waals surface area contributed by atoms with Gasteiger partial charge in [0.15, 0.2) is 11.2 Å². The van der Waals surface area contributed by atoms with Crippen LogP contribution in [-0.2, 0) is 6.54 Å². The zero-order valence-electron chi connectivity index (χ0n) is 14.8. The summed E-state index contributed by atoms with van der Waals surface area (Å²) in [4.78, 5) is 22.6. The van der Waals surface area contributed by atoms with E-state index < -0.39 is 6.10 Å².